The van der Waals surface area contributed by atoms with Gasteiger partial charge in [-0.3, -0.25) is 0 Å². The van der Waals surface area contributed by atoms with E-state index in [0.717, 1.165) is 24.7 Å². The van der Waals surface area contributed by atoms with Crippen LogP contribution in [0.5, 0.6) is 0 Å². The zero-order chi connectivity index (χ0) is 20.3. The Kier molecular flexibility index (Phi) is 9.32. The molecule has 0 N–H and O–H groups in total. The third-order valence-electron chi connectivity index (χ3n) is 7.17. The van der Waals surface area contributed by atoms with E-state index < -0.39 is 0 Å². The number of hydrogen-bond donors (Lipinski definition) is 0. The maximum absolute atomic E-state index is 2.41. The molecule has 158 valence electrons. The van der Waals surface area contributed by atoms with Crippen molar-refractivity contribution in [1.29, 1.82) is 0 Å². The molecule has 0 unspecified atom stereocenters. The van der Waals surface area contributed by atoms with Crippen LogP contribution < -0.4 is 0 Å². The maximum atomic E-state index is 2.41. The summed E-state index contributed by atoms with van der Waals surface area (Å²) in [4.78, 5) is 0. The average molecular weight is 391 g/mol. The van der Waals surface area contributed by atoms with Gasteiger partial charge in [0.15, 0.2) is 0 Å². The van der Waals surface area contributed by atoms with Crippen molar-refractivity contribution in [3.63, 3.8) is 0 Å². The van der Waals surface area contributed by atoms with Gasteiger partial charge in [0.05, 0.1) is 0 Å². The molecule has 2 aromatic rings. The zero-order valence-electron chi connectivity index (χ0n) is 19.0. The van der Waals surface area contributed by atoms with Crippen LogP contribution in [0.1, 0.15) is 106 Å². The first-order chi connectivity index (χ1) is 14.3. The highest BCUT2D eigenvalue weighted by atomic mass is 14.3. The summed E-state index contributed by atoms with van der Waals surface area (Å²) in [6.45, 7) is 4.63. The summed E-state index contributed by atoms with van der Waals surface area (Å²) in [5.41, 5.74) is 6.04. The molecule has 0 heteroatoms. The van der Waals surface area contributed by atoms with Crippen molar-refractivity contribution >= 4 is 0 Å². The van der Waals surface area contributed by atoms with Gasteiger partial charge in [-0.25, -0.2) is 0 Å². The summed E-state index contributed by atoms with van der Waals surface area (Å²) >= 11 is 0. The van der Waals surface area contributed by atoms with Gasteiger partial charge >= 0.3 is 0 Å². The first-order valence-corrected chi connectivity index (χ1v) is 12.4. The fourth-order valence-electron chi connectivity index (χ4n) is 4.95. The van der Waals surface area contributed by atoms with Gasteiger partial charge in [-0.1, -0.05) is 94.5 Å². The van der Waals surface area contributed by atoms with Gasteiger partial charge in [0.1, 0.15) is 0 Å². The molecular formula is C29H42. The summed E-state index contributed by atoms with van der Waals surface area (Å²) in [7, 11) is 0. The van der Waals surface area contributed by atoms with Gasteiger partial charge in [-0.05, 0) is 85.5 Å². The van der Waals surface area contributed by atoms with Gasteiger partial charge in [0.25, 0.3) is 0 Å². The molecule has 0 spiro atoms. The van der Waals surface area contributed by atoms with Gasteiger partial charge < -0.3 is 0 Å². The largest absolute Gasteiger partial charge is 0.0654 e. The summed E-state index contributed by atoms with van der Waals surface area (Å²) in [5.74, 6) is 1.79. The molecule has 0 heterocycles. The third kappa shape index (κ3) is 7.32. The molecule has 0 aliphatic heterocycles. The fraction of sp³-hybridized carbons (Fsp3) is 0.586. The standard InChI is InChI=1S/C29H42/c1-3-5-6-7-8-9-25-10-12-26(13-11-25)14-15-27-18-22-29(23-19-27)28-20-16-24(4-2)17-21-28/h10-13,18-19,22-24,28H,3-9,14-17,20-21H2,1-2H3. The van der Waals surface area contributed by atoms with Gasteiger partial charge in [0, 0.05) is 0 Å². The molecule has 1 aliphatic rings. The SMILES string of the molecule is CCCCCCCc1ccc(CCc2ccc(C3CCC(CC)CC3)cc2)cc1. The normalized spacial score (nSPS) is 19.4. The van der Waals surface area contributed by atoms with Crippen molar-refractivity contribution in [2.24, 2.45) is 5.92 Å². The fourth-order valence-corrected chi connectivity index (χ4v) is 4.95. The van der Waals surface area contributed by atoms with E-state index in [1.54, 1.807) is 5.56 Å². The number of rotatable bonds is 11. The Morgan fingerprint density at radius 2 is 1.10 bits per heavy atom. The highest BCUT2D eigenvalue weighted by Crippen LogP contribution is 2.36. The lowest BCUT2D eigenvalue weighted by Crippen LogP contribution is -2.12. The highest BCUT2D eigenvalue weighted by molar-refractivity contribution is 5.28. The maximum Gasteiger partial charge on any atom is -0.0162 e. The van der Waals surface area contributed by atoms with Crippen LogP contribution in [0.3, 0.4) is 0 Å². The lowest BCUT2D eigenvalue weighted by atomic mass is 9.78. The van der Waals surface area contributed by atoms with E-state index in [9.17, 15) is 0 Å². The lowest BCUT2D eigenvalue weighted by molar-refractivity contribution is 0.319. The van der Waals surface area contributed by atoms with Gasteiger partial charge in [-0.2, -0.15) is 0 Å². The molecule has 1 saturated carbocycles. The molecule has 29 heavy (non-hydrogen) atoms. The average Bonchev–Trinajstić information content (AvgIpc) is 2.79. The summed E-state index contributed by atoms with van der Waals surface area (Å²) in [6.07, 6.45) is 17.4. The van der Waals surface area contributed by atoms with Crippen LogP contribution in [0.2, 0.25) is 0 Å². The second kappa shape index (κ2) is 12.2. The molecule has 1 fully saturated rings. The summed E-state index contributed by atoms with van der Waals surface area (Å²) in [6, 6.07) is 19.0. The minimum Gasteiger partial charge on any atom is -0.0654 e. The molecule has 0 atom stereocenters. The van der Waals surface area contributed by atoms with Crippen molar-refractivity contribution in [2.45, 2.75) is 103 Å². The Balaban J connectivity index is 1.40. The van der Waals surface area contributed by atoms with Crippen LogP contribution in [0.25, 0.3) is 0 Å². The number of aryl methyl sites for hydroxylation is 3. The van der Waals surface area contributed by atoms with E-state index in [-0.39, 0.29) is 0 Å². The van der Waals surface area contributed by atoms with Gasteiger partial charge in [-0.15, -0.1) is 0 Å². The Hall–Kier alpha value is -1.56. The Morgan fingerprint density at radius 1 is 0.586 bits per heavy atom. The van der Waals surface area contributed by atoms with Crippen LogP contribution in [-0.2, 0) is 19.3 Å². The lowest BCUT2D eigenvalue weighted by Gasteiger charge is -2.28. The number of hydrogen-bond acceptors (Lipinski definition) is 0. The predicted octanol–water partition coefficient (Wildman–Crippen LogP) is 8.67. The molecule has 0 radical (unpaired) electrons. The summed E-state index contributed by atoms with van der Waals surface area (Å²) < 4.78 is 0. The molecule has 0 saturated heterocycles. The molecule has 0 aromatic heterocycles. The smallest absolute Gasteiger partial charge is 0.0162 e. The van der Waals surface area contributed by atoms with E-state index in [1.165, 1.54) is 87.3 Å². The Morgan fingerprint density at radius 3 is 1.66 bits per heavy atom. The molecule has 2 aromatic carbocycles. The first kappa shape index (κ1) is 22.1. The van der Waals surface area contributed by atoms with E-state index in [2.05, 4.69) is 62.4 Å². The monoisotopic (exact) mass is 390 g/mol. The minimum absolute atomic E-state index is 0.807. The molecule has 0 bridgehead atoms. The molecule has 0 nitrogen and oxygen atoms in total. The van der Waals surface area contributed by atoms with Crippen molar-refractivity contribution in [3.8, 4) is 0 Å². The predicted molar refractivity (Wildman–Crippen MR) is 128 cm³/mol. The van der Waals surface area contributed by atoms with Crippen molar-refractivity contribution in [3.05, 3.63) is 70.8 Å². The van der Waals surface area contributed by atoms with Crippen molar-refractivity contribution in [2.75, 3.05) is 0 Å². The molecular weight excluding hydrogens is 348 g/mol. The van der Waals surface area contributed by atoms with E-state index >= 15 is 0 Å². The van der Waals surface area contributed by atoms with Crippen LogP contribution in [0.15, 0.2) is 48.5 Å². The van der Waals surface area contributed by atoms with Crippen LogP contribution >= 0.6 is 0 Å². The first-order valence-electron chi connectivity index (χ1n) is 12.4. The van der Waals surface area contributed by atoms with E-state index in [0.29, 0.717) is 0 Å². The summed E-state index contributed by atoms with van der Waals surface area (Å²) in [5, 5.41) is 0. The second-order valence-corrected chi connectivity index (χ2v) is 9.35. The minimum atomic E-state index is 0.807. The molecule has 0 amide bonds. The van der Waals surface area contributed by atoms with Crippen LogP contribution in [0, 0.1) is 5.92 Å². The van der Waals surface area contributed by atoms with Crippen LogP contribution in [0.4, 0.5) is 0 Å². The van der Waals surface area contributed by atoms with Crippen molar-refractivity contribution in [1.82, 2.24) is 0 Å². The Labute approximate surface area is 180 Å². The van der Waals surface area contributed by atoms with E-state index in [4.69, 9.17) is 0 Å². The zero-order valence-corrected chi connectivity index (χ0v) is 19.0. The van der Waals surface area contributed by atoms with Crippen LogP contribution in [-0.4, -0.2) is 0 Å². The number of benzene rings is 2. The number of unbranched alkanes of at least 4 members (excludes halogenated alkanes) is 4. The Bertz CT molecular complexity index is 671. The topological polar surface area (TPSA) is 0 Å². The third-order valence-corrected chi connectivity index (χ3v) is 7.17. The second-order valence-electron chi connectivity index (χ2n) is 9.35. The molecule has 3 rings (SSSR count). The highest BCUT2D eigenvalue weighted by Gasteiger charge is 2.20. The molecule has 1 aliphatic carbocycles. The van der Waals surface area contributed by atoms with Gasteiger partial charge in [0.2, 0.25) is 0 Å². The van der Waals surface area contributed by atoms with E-state index in [1.807, 2.05) is 0 Å². The van der Waals surface area contributed by atoms with Crippen molar-refractivity contribution < 1.29 is 0 Å². The quantitative estimate of drug-likeness (QED) is 0.337.